The average Bonchev–Trinajstić information content (AvgIpc) is 3.99. The van der Waals surface area contributed by atoms with Gasteiger partial charge >= 0.3 is 0 Å². The second-order valence-electron chi connectivity index (χ2n) is 13.1. The lowest BCUT2D eigenvalue weighted by atomic mass is 10.0. The van der Waals surface area contributed by atoms with Crippen molar-refractivity contribution in [2.75, 3.05) is 11.5 Å². The van der Waals surface area contributed by atoms with Crippen LogP contribution < -0.4 is 11.5 Å². The first kappa shape index (κ1) is 32.2. The van der Waals surface area contributed by atoms with E-state index in [1.54, 1.807) is 12.1 Å². The Bertz CT molecular complexity index is 2650. The molecule has 0 atom stereocenters. The number of phenolic OH excluding ortho intramolecular Hbond substituents is 4. The van der Waals surface area contributed by atoms with E-state index in [-0.39, 0.29) is 34.1 Å². The average molecular weight is 709 g/mol. The van der Waals surface area contributed by atoms with Crippen LogP contribution in [0.1, 0.15) is 22.8 Å². The lowest BCUT2D eigenvalue weighted by Gasteiger charge is -2.10. The molecule has 10 heteroatoms. The highest BCUT2D eigenvalue weighted by atomic mass is 16.3. The molecule has 0 unspecified atom stereocenters. The molecule has 0 amide bonds. The number of phenols is 4. The topological polar surface area (TPSA) is 190 Å². The van der Waals surface area contributed by atoms with E-state index in [2.05, 4.69) is 9.97 Å². The van der Waals surface area contributed by atoms with E-state index < -0.39 is 0 Å². The van der Waals surface area contributed by atoms with E-state index >= 15 is 0 Å². The van der Waals surface area contributed by atoms with Crippen molar-refractivity contribution >= 4 is 57.7 Å². The highest BCUT2D eigenvalue weighted by Crippen LogP contribution is 2.45. The predicted octanol–water partition coefficient (Wildman–Crippen LogP) is 9.31. The van der Waals surface area contributed by atoms with Crippen molar-refractivity contribution in [1.29, 1.82) is 0 Å². The van der Waals surface area contributed by atoms with E-state index in [4.69, 9.17) is 21.4 Å². The highest BCUT2D eigenvalue weighted by Gasteiger charge is 2.23. The Morgan fingerprint density at radius 1 is 0.352 bits per heavy atom. The number of hydrogen-bond acceptors (Lipinski definition) is 8. The van der Waals surface area contributed by atoms with Gasteiger partial charge < -0.3 is 41.9 Å². The molecule has 4 aromatic carbocycles. The summed E-state index contributed by atoms with van der Waals surface area (Å²) in [6.07, 6.45) is 7.47. The van der Waals surface area contributed by atoms with Crippen molar-refractivity contribution in [3.8, 4) is 67.5 Å². The summed E-state index contributed by atoms with van der Waals surface area (Å²) < 4.78 is 0. The monoisotopic (exact) mass is 708 g/mol. The Morgan fingerprint density at radius 3 is 0.981 bits per heavy atom. The molecule has 0 fully saturated rings. The van der Waals surface area contributed by atoms with Crippen LogP contribution in [-0.4, -0.2) is 40.4 Å². The lowest BCUT2D eigenvalue weighted by molar-refractivity contribution is 0.453. The molecule has 0 saturated carbocycles. The molecule has 0 aliphatic carbocycles. The van der Waals surface area contributed by atoms with Gasteiger partial charge in [-0.05, 0) is 108 Å². The molecule has 54 heavy (non-hydrogen) atoms. The van der Waals surface area contributed by atoms with E-state index in [1.165, 1.54) is 24.3 Å². The van der Waals surface area contributed by atoms with E-state index in [9.17, 15) is 20.4 Å². The lowest BCUT2D eigenvalue weighted by Crippen LogP contribution is -1.91. The fourth-order valence-electron chi connectivity index (χ4n) is 7.21. The maximum atomic E-state index is 11.2. The van der Waals surface area contributed by atoms with Crippen molar-refractivity contribution in [2.24, 2.45) is 0 Å². The molecule has 0 radical (unpaired) electrons. The molecule has 0 saturated heterocycles. The zero-order valence-corrected chi connectivity index (χ0v) is 28.5. The van der Waals surface area contributed by atoms with Crippen LogP contribution in [0.15, 0.2) is 109 Å². The van der Waals surface area contributed by atoms with Gasteiger partial charge in [-0.3, -0.25) is 0 Å². The minimum atomic E-state index is -0.114. The van der Waals surface area contributed by atoms with Crippen molar-refractivity contribution < 1.29 is 20.4 Å². The number of nitrogens with two attached hydrogens (primary N) is 2. The number of rotatable bonds is 4. The van der Waals surface area contributed by atoms with Crippen LogP contribution in [0.4, 0.5) is 11.4 Å². The molecule has 8 bridgehead atoms. The van der Waals surface area contributed by atoms with E-state index in [0.29, 0.717) is 67.3 Å². The molecule has 5 heterocycles. The van der Waals surface area contributed by atoms with Crippen molar-refractivity contribution in [2.45, 2.75) is 0 Å². The van der Waals surface area contributed by atoms with Gasteiger partial charge in [0.1, 0.15) is 23.0 Å². The number of hydrogen-bond donors (Lipinski definition) is 8. The SMILES string of the molecule is Nc1ccc(-c2c3nc(c(-c4c(O)cccc4O)c4ccc([nH]4)c(-c4ccc(N)cc4)c4nc(c(-c5c(O)cccc5O)c5ccc2[nH]5)C=C4)C=C3)cc1. The van der Waals surface area contributed by atoms with Crippen LogP contribution in [-0.2, 0) is 0 Å². The maximum absolute atomic E-state index is 11.2. The van der Waals surface area contributed by atoms with Crippen LogP contribution in [0.25, 0.3) is 90.9 Å². The molecule has 2 aliphatic rings. The maximum Gasteiger partial charge on any atom is 0.127 e. The second-order valence-corrected chi connectivity index (χ2v) is 13.1. The first-order chi connectivity index (χ1) is 26.2. The molecular weight excluding hydrogens is 677 g/mol. The van der Waals surface area contributed by atoms with Gasteiger partial charge in [0.15, 0.2) is 0 Å². The number of nitrogens with one attached hydrogen (secondary N) is 2. The Balaban J connectivity index is 1.51. The van der Waals surface area contributed by atoms with Crippen molar-refractivity contribution in [3.05, 3.63) is 132 Å². The third kappa shape index (κ3) is 5.37. The number of aromatic hydroxyl groups is 4. The number of aromatic amines is 2. The Morgan fingerprint density at radius 2 is 0.648 bits per heavy atom. The molecule has 7 aromatic rings. The Kier molecular flexibility index (Phi) is 7.45. The summed E-state index contributed by atoms with van der Waals surface area (Å²) in [7, 11) is 0. The largest absolute Gasteiger partial charge is 0.507 e. The van der Waals surface area contributed by atoms with Gasteiger partial charge in [-0.1, -0.05) is 36.4 Å². The minimum Gasteiger partial charge on any atom is -0.507 e. The number of nitrogens with zero attached hydrogens (tertiary/aromatic N) is 2. The molecule has 10 N–H and O–H groups in total. The molecule has 10 nitrogen and oxygen atoms in total. The number of nitrogen functional groups attached to an aromatic ring is 2. The van der Waals surface area contributed by atoms with Gasteiger partial charge in [0.05, 0.1) is 33.9 Å². The van der Waals surface area contributed by atoms with Crippen LogP contribution >= 0.6 is 0 Å². The third-order valence-electron chi connectivity index (χ3n) is 9.69. The van der Waals surface area contributed by atoms with Gasteiger partial charge in [-0.15, -0.1) is 0 Å². The van der Waals surface area contributed by atoms with Gasteiger partial charge in [-0.25, -0.2) is 9.97 Å². The molecule has 2 aliphatic heterocycles. The molecule has 3 aromatic heterocycles. The summed E-state index contributed by atoms with van der Waals surface area (Å²) in [5.41, 5.74) is 22.7. The summed E-state index contributed by atoms with van der Waals surface area (Å²) >= 11 is 0. The summed E-state index contributed by atoms with van der Waals surface area (Å²) in [5, 5.41) is 44.8. The minimum absolute atomic E-state index is 0.114. The second kappa shape index (κ2) is 12.5. The summed E-state index contributed by atoms with van der Waals surface area (Å²) in [4.78, 5) is 17.4. The highest BCUT2D eigenvalue weighted by molar-refractivity contribution is 6.02. The Hall–Kier alpha value is -7.72. The number of fused-ring (bicyclic) bond motifs is 8. The standard InChI is InChI=1S/C44H32N6O4/c45-25-11-7-23(8-12-25)39-27-15-19-31(47-27)41(43-35(51)3-1-4-36(43)52)32-20-16-28(48-32)40(24-9-13-26(46)14-10-24)30-18-22-34(50-30)42(33-21-17-29(39)49-33)44-37(53)5-2-6-38(44)54/h1-22,47,50-54H,45-46H2. The summed E-state index contributed by atoms with van der Waals surface area (Å²) in [6.45, 7) is 0. The van der Waals surface area contributed by atoms with Gasteiger partial charge in [0.25, 0.3) is 0 Å². The van der Waals surface area contributed by atoms with Crippen LogP contribution in [0, 0.1) is 0 Å². The normalized spacial score (nSPS) is 12.0. The zero-order chi connectivity index (χ0) is 37.1. The fourth-order valence-corrected chi connectivity index (χ4v) is 7.21. The first-order valence-electron chi connectivity index (χ1n) is 17.1. The first-order valence-corrected chi connectivity index (χ1v) is 17.1. The molecule has 0 spiro atoms. The summed E-state index contributed by atoms with van der Waals surface area (Å²) in [6, 6.07) is 31.7. The van der Waals surface area contributed by atoms with Crippen LogP contribution in [0.2, 0.25) is 0 Å². The van der Waals surface area contributed by atoms with E-state index in [1.807, 2.05) is 97.1 Å². The van der Waals surface area contributed by atoms with Crippen LogP contribution in [0.3, 0.4) is 0 Å². The number of H-pyrrole nitrogens is 2. The summed E-state index contributed by atoms with van der Waals surface area (Å²) in [5.74, 6) is -0.454. The van der Waals surface area contributed by atoms with E-state index in [0.717, 1.165) is 22.3 Å². The number of aromatic nitrogens is 4. The van der Waals surface area contributed by atoms with Gasteiger partial charge in [-0.2, -0.15) is 0 Å². The molecule has 9 rings (SSSR count). The Labute approximate surface area is 308 Å². The fraction of sp³-hybridized carbons (Fsp3) is 0. The van der Waals surface area contributed by atoms with Gasteiger partial charge in [0, 0.05) is 55.7 Å². The third-order valence-corrected chi connectivity index (χ3v) is 9.69. The number of benzene rings is 4. The zero-order valence-electron chi connectivity index (χ0n) is 28.5. The van der Waals surface area contributed by atoms with Crippen molar-refractivity contribution in [3.63, 3.8) is 0 Å². The quantitative estimate of drug-likeness (QED) is 0.0830. The van der Waals surface area contributed by atoms with Crippen molar-refractivity contribution in [1.82, 2.24) is 19.9 Å². The number of anilines is 2. The molecular formula is C44H32N6O4. The predicted molar refractivity (Wildman–Crippen MR) is 216 cm³/mol. The van der Waals surface area contributed by atoms with Crippen LogP contribution in [0.5, 0.6) is 23.0 Å². The molecule has 262 valence electrons. The van der Waals surface area contributed by atoms with Gasteiger partial charge in [0.2, 0.25) is 0 Å². The smallest absolute Gasteiger partial charge is 0.127 e.